The number of amides is 1. The third-order valence-electron chi connectivity index (χ3n) is 2.07. The number of carbonyl (C=O) groups is 1. The highest BCUT2D eigenvalue weighted by Crippen LogP contribution is 2.28. The zero-order chi connectivity index (χ0) is 13.5. The van der Waals surface area contributed by atoms with Crippen molar-refractivity contribution in [1.29, 1.82) is 0 Å². The summed E-state index contributed by atoms with van der Waals surface area (Å²) in [7, 11) is 0. The fourth-order valence-electron chi connectivity index (χ4n) is 1.30. The van der Waals surface area contributed by atoms with Crippen molar-refractivity contribution in [3.63, 3.8) is 0 Å². The first kappa shape index (κ1) is 14.9. The van der Waals surface area contributed by atoms with Gasteiger partial charge in [-0.25, -0.2) is 4.98 Å². The van der Waals surface area contributed by atoms with Crippen molar-refractivity contribution in [3.8, 4) is 0 Å². The molecule has 1 amide bonds. The van der Waals surface area contributed by atoms with Crippen molar-refractivity contribution in [2.45, 2.75) is 13.8 Å². The number of hydrogen-bond acceptors (Lipinski definition) is 4. The Kier molecular flexibility index (Phi) is 6.01. The Bertz CT molecular complexity index is 426. The number of nitrogens with zero attached hydrogens (tertiary/aromatic N) is 1. The lowest BCUT2D eigenvalue weighted by atomic mass is 10.4. The lowest BCUT2D eigenvalue weighted by molar-refractivity contribution is -0.118. The van der Waals surface area contributed by atoms with Crippen molar-refractivity contribution in [2.24, 2.45) is 0 Å². The van der Waals surface area contributed by atoms with E-state index in [0.29, 0.717) is 34.8 Å². The van der Waals surface area contributed by atoms with Crippen LogP contribution >= 0.6 is 23.2 Å². The molecule has 0 aliphatic heterocycles. The first-order valence-electron chi connectivity index (χ1n) is 5.62. The van der Waals surface area contributed by atoms with E-state index in [-0.39, 0.29) is 5.91 Å². The summed E-state index contributed by atoms with van der Waals surface area (Å²) in [5.41, 5.74) is 0. The van der Waals surface area contributed by atoms with Gasteiger partial charge in [0.2, 0.25) is 5.91 Å². The van der Waals surface area contributed by atoms with Crippen LogP contribution in [0.3, 0.4) is 0 Å². The minimum atomic E-state index is -0.0692. The molecule has 0 radical (unpaired) electrons. The van der Waals surface area contributed by atoms with Gasteiger partial charge < -0.3 is 16.0 Å². The molecular weight excluding hydrogens is 275 g/mol. The van der Waals surface area contributed by atoms with Gasteiger partial charge in [0.1, 0.15) is 11.6 Å². The summed E-state index contributed by atoms with van der Waals surface area (Å²) in [4.78, 5) is 15.0. The number of pyridine rings is 1. The van der Waals surface area contributed by atoms with Crippen molar-refractivity contribution in [1.82, 2.24) is 10.3 Å². The number of aromatic nitrogens is 1. The maximum absolute atomic E-state index is 10.7. The van der Waals surface area contributed by atoms with Crippen LogP contribution in [0.25, 0.3) is 0 Å². The van der Waals surface area contributed by atoms with Crippen molar-refractivity contribution in [3.05, 3.63) is 16.1 Å². The van der Waals surface area contributed by atoms with Crippen LogP contribution in [0.1, 0.15) is 13.8 Å². The van der Waals surface area contributed by atoms with Gasteiger partial charge in [-0.2, -0.15) is 0 Å². The summed E-state index contributed by atoms with van der Waals surface area (Å²) in [5.74, 6) is 1.06. The van der Waals surface area contributed by atoms with Crippen LogP contribution < -0.4 is 16.0 Å². The predicted octanol–water partition coefficient (Wildman–Crippen LogP) is 2.37. The monoisotopic (exact) mass is 290 g/mol. The van der Waals surface area contributed by atoms with Gasteiger partial charge in [0.25, 0.3) is 0 Å². The topological polar surface area (TPSA) is 66.1 Å². The minimum absolute atomic E-state index is 0.0692. The molecule has 0 atom stereocenters. The molecule has 5 nitrogen and oxygen atoms in total. The number of rotatable bonds is 6. The second kappa shape index (κ2) is 7.28. The fraction of sp³-hybridized carbons (Fsp3) is 0.455. The van der Waals surface area contributed by atoms with E-state index in [1.54, 1.807) is 6.07 Å². The molecule has 0 bridgehead atoms. The van der Waals surface area contributed by atoms with Gasteiger partial charge in [-0.15, -0.1) is 0 Å². The summed E-state index contributed by atoms with van der Waals surface area (Å²) in [6.45, 7) is 5.19. The molecule has 1 aromatic rings. The summed E-state index contributed by atoms with van der Waals surface area (Å²) in [6.07, 6.45) is 0. The summed E-state index contributed by atoms with van der Waals surface area (Å²) >= 11 is 12.0. The van der Waals surface area contributed by atoms with E-state index >= 15 is 0 Å². The molecule has 0 aliphatic rings. The Hall–Kier alpha value is -1.20. The Morgan fingerprint density at radius 1 is 1.22 bits per heavy atom. The molecule has 7 heteroatoms. The Balaban J connectivity index is 2.64. The van der Waals surface area contributed by atoms with Crippen LogP contribution in [0, 0.1) is 0 Å². The molecule has 0 aliphatic carbocycles. The third kappa shape index (κ3) is 4.58. The minimum Gasteiger partial charge on any atom is -0.369 e. The molecule has 100 valence electrons. The van der Waals surface area contributed by atoms with Crippen molar-refractivity contribution in [2.75, 3.05) is 30.3 Å². The van der Waals surface area contributed by atoms with E-state index in [1.165, 1.54) is 6.92 Å². The summed E-state index contributed by atoms with van der Waals surface area (Å²) < 4.78 is 0. The van der Waals surface area contributed by atoms with Crippen molar-refractivity contribution >= 4 is 40.7 Å². The Morgan fingerprint density at radius 3 is 2.39 bits per heavy atom. The second-order valence-corrected chi connectivity index (χ2v) is 4.40. The molecule has 1 aromatic heterocycles. The maximum atomic E-state index is 10.7. The highest BCUT2D eigenvalue weighted by Gasteiger charge is 2.08. The average Bonchev–Trinajstić information content (AvgIpc) is 2.29. The normalized spacial score (nSPS) is 10.0. The van der Waals surface area contributed by atoms with Gasteiger partial charge >= 0.3 is 0 Å². The predicted molar refractivity (Wildman–Crippen MR) is 75.6 cm³/mol. The van der Waals surface area contributed by atoms with Gasteiger partial charge in [-0.3, -0.25) is 4.79 Å². The number of carbonyl (C=O) groups excluding carboxylic acids is 1. The number of halogens is 2. The zero-order valence-corrected chi connectivity index (χ0v) is 11.8. The standard InChI is InChI=1S/C11H16Cl2N4O/c1-3-14-10-8(12)6-9(13)11(17-10)16-5-4-15-7(2)18/h6H,3-5H2,1-2H3,(H,15,18)(H2,14,16,17). The molecule has 0 unspecified atom stereocenters. The molecule has 18 heavy (non-hydrogen) atoms. The first-order chi connectivity index (χ1) is 8.54. The second-order valence-electron chi connectivity index (χ2n) is 3.59. The van der Waals surface area contributed by atoms with Gasteiger partial charge in [0.15, 0.2) is 0 Å². The lowest BCUT2D eigenvalue weighted by Crippen LogP contribution is -2.26. The molecule has 0 spiro atoms. The SMILES string of the molecule is CCNc1nc(NCCNC(C)=O)c(Cl)cc1Cl. The third-order valence-corrected chi connectivity index (χ3v) is 2.64. The van der Waals surface area contributed by atoms with Crippen molar-refractivity contribution < 1.29 is 4.79 Å². The van der Waals surface area contributed by atoms with Crippen LogP contribution in [0.15, 0.2) is 6.07 Å². The molecule has 1 rings (SSSR count). The van der Waals surface area contributed by atoms with Gasteiger partial charge in [0, 0.05) is 26.6 Å². The van der Waals surface area contributed by atoms with Crippen LogP contribution in [0.2, 0.25) is 10.0 Å². The van der Waals surface area contributed by atoms with Crippen LogP contribution in [0.5, 0.6) is 0 Å². The number of hydrogen-bond donors (Lipinski definition) is 3. The molecule has 0 saturated carbocycles. The Morgan fingerprint density at radius 2 is 1.83 bits per heavy atom. The highest BCUT2D eigenvalue weighted by atomic mass is 35.5. The molecule has 0 aromatic carbocycles. The van der Waals surface area contributed by atoms with Gasteiger partial charge in [0.05, 0.1) is 10.0 Å². The number of nitrogens with one attached hydrogen (secondary N) is 3. The largest absolute Gasteiger partial charge is 0.369 e. The first-order valence-corrected chi connectivity index (χ1v) is 6.38. The van der Waals surface area contributed by atoms with E-state index in [9.17, 15) is 4.79 Å². The van der Waals surface area contributed by atoms with Crippen LogP contribution in [0.4, 0.5) is 11.6 Å². The highest BCUT2D eigenvalue weighted by molar-refractivity contribution is 6.37. The molecule has 0 fully saturated rings. The quantitative estimate of drug-likeness (QED) is 0.704. The summed E-state index contributed by atoms with van der Waals surface area (Å²) in [6, 6.07) is 1.63. The Labute approximate surface area is 116 Å². The zero-order valence-electron chi connectivity index (χ0n) is 10.3. The van der Waals surface area contributed by atoms with Crippen LogP contribution in [-0.2, 0) is 4.79 Å². The molecule has 0 saturated heterocycles. The van der Waals surface area contributed by atoms with Gasteiger partial charge in [-0.05, 0) is 13.0 Å². The maximum Gasteiger partial charge on any atom is 0.216 e. The van der Waals surface area contributed by atoms with Gasteiger partial charge in [-0.1, -0.05) is 23.2 Å². The molecular formula is C11H16Cl2N4O. The van der Waals surface area contributed by atoms with E-state index < -0.39 is 0 Å². The smallest absolute Gasteiger partial charge is 0.216 e. The van der Waals surface area contributed by atoms with E-state index in [0.717, 1.165) is 6.54 Å². The van der Waals surface area contributed by atoms with E-state index in [2.05, 4.69) is 20.9 Å². The van der Waals surface area contributed by atoms with Crippen LogP contribution in [-0.4, -0.2) is 30.5 Å². The molecule has 3 N–H and O–H groups in total. The molecule has 1 heterocycles. The van der Waals surface area contributed by atoms with E-state index in [1.807, 2.05) is 6.92 Å². The average molecular weight is 291 g/mol. The van der Waals surface area contributed by atoms with E-state index in [4.69, 9.17) is 23.2 Å². The fourth-order valence-corrected chi connectivity index (χ4v) is 1.79. The lowest BCUT2D eigenvalue weighted by Gasteiger charge is -2.11. The summed E-state index contributed by atoms with van der Waals surface area (Å²) in [5, 5.41) is 9.68. The number of anilines is 2.